The van der Waals surface area contributed by atoms with E-state index >= 15 is 0 Å². The van der Waals surface area contributed by atoms with Gasteiger partial charge in [-0.15, -0.1) is 0 Å². The molecule has 0 saturated heterocycles. The van der Waals surface area contributed by atoms with Crippen LogP contribution in [0, 0.1) is 0 Å². The van der Waals surface area contributed by atoms with Gasteiger partial charge >= 0.3 is 0 Å². The second-order valence-electron chi connectivity index (χ2n) is 4.11. The number of hydrogen-bond donors (Lipinski definition) is 2. The second kappa shape index (κ2) is 6.74. The smallest absolute Gasteiger partial charge is 0.238 e. The average molecular weight is 288 g/mol. The number of sulfonamides is 1. The van der Waals surface area contributed by atoms with E-state index in [0.717, 1.165) is 6.42 Å². The molecule has 0 radical (unpaired) electrons. The molecule has 0 aromatic heterocycles. The van der Waals surface area contributed by atoms with Gasteiger partial charge < -0.3 is 14.8 Å². The van der Waals surface area contributed by atoms with E-state index in [9.17, 15) is 8.42 Å². The number of anilines is 1. The van der Waals surface area contributed by atoms with Crippen molar-refractivity contribution in [3.63, 3.8) is 0 Å². The first-order chi connectivity index (χ1) is 8.92. The highest BCUT2D eigenvalue weighted by atomic mass is 32.2. The quantitative estimate of drug-likeness (QED) is 0.786. The summed E-state index contributed by atoms with van der Waals surface area (Å²) in [5, 5.41) is 8.31. The molecule has 7 heteroatoms. The second-order valence-corrected chi connectivity index (χ2v) is 5.67. The Morgan fingerprint density at radius 1 is 1.37 bits per heavy atom. The first-order valence-corrected chi connectivity index (χ1v) is 7.43. The predicted molar refractivity (Wildman–Crippen MR) is 73.9 cm³/mol. The van der Waals surface area contributed by atoms with E-state index < -0.39 is 10.0 Å². The summed E-state index contributed by atoms with van der Waals surface area (Å²) in [6.45, 7) is 2.52. The fraction of sp³-hybridized carbons (Fsp3) is 0.500. The Hall–Kier alpha value is -1.31. The zero-order valence-corrected chi connectivity index (χ0v) is 12.2. The van der Waals surface area contributed by atoms with Crippen molar-refractivity contribution in [1.29, 1.82) is 0 Å². The average Bonchev–Trinajstić information content (AvgIpc) is 2.37. The van der Waals surface area contributed by atoms with Crippen LogP contribution in [0.2, 0.25) is 0 Å². The number of rotatable bonds is 7. The Morgan fingerprint density at radius 3 is 2.53 bits per heavy atom. The maximum atomic E-state index is 11.4. The van der Waals surface area contributed by atoms with Crippen molar-refractivity contribution in [2.24, 2.45) is 5.14 Å². The third kappa shape index (κ3) is 4.38. The zero-order chi connectivity index (χ0) is 14.5. The molecule has 1 atom stereocenters. The van der Waals surface area contributed by atoms with Crippen LogP contribution in [0.5, 0.6) is 5.75 Å². The number of benzene rings is 1. The van der Waals surface area contributed by atoms with Crippen LogP contribution in [-0.2, 0) is 14.8 Å². The molecule has 6 nitrogen and oxygen atoms in total. The van der Waals surface area contributed by atoms with Gasteiger partial charge in [0.15, 0.2) is 0 Å². The molecule has 0 fully saturated rings. The number of nitrogens with one attached hydrogen (secondary N) is 1. The van der Waals surface area contributed by atoms with Crippen LogP contribution in [0.4, 0.5) is 5.69 Å². The maximum Gasteiger partial charge on any atom is 0.238 e. The molecule has 1 rings (SSSR count). The molecule has 0 spiro atoms. The Kier molecular flexibility index (Phi) is 5.59. The van der Waals surface area contributed by atoms with Crippen LogP contribution < -0.4 is 15.2 Å². The lowest BCUT2D eigenvalue weighted by Crippen LogP contribution is -2.24. The fourth-order valence-corrected chi connectivity index (χ4v) is 2.20. The molecule has 19 heavy (non-hydrogen) atoms. The van der Waals surface area contributed by atoms with Gasteiger partial charge in [0.25, 0.3) is 0 Å². The zero-order valence-electron chi connectivity index (χ0n) is 11.3. The van der Waals surface area contributed by atoms with Crippen LogP contribution in [0.15, 0.2) is 23.1 Å². The van der Waals surface area contributed by atoms with Gasteiger partial charge in [0.2, 0.25) is 10.0 Å². The molecule has 1 unspecified atom stereocenters. The van der Waals surface area contributed by atoms with Crippen LogP contribution in [0.1, 0.15) is 13.3 Å². The summed E-state index contributed by atoms with van der Waals surface area (Å²) in [7, 11) is -0.596. The number of hydrogen-bond acceptors (Lipinski definition) is 5. The van der Waals surface area contributed by atoms with Gasteiger partial charge in [-0.05, 0) is 24.6 Å². The highest BCUT2D eigenvalue weighted by Gasteiger charge is 2.14. The monoisotopic (exact) mass is 288 g/mol. The summed E-state index contributed by atoms with van der Waals surface area (Å²) in [4.78, 5) is 0.0445. The van der Waals surface area contributed by atoms with Crippen LogP contribution in [0.3, 0.4) is 0 Å². The van der Waals surface area contributed by atoms with E-state index in [0.29, 0.717) is 18.0 Å². The Labute approximate surface area is 113 Å². The first kappa shape index (κ1) is 15.7. The van der Waals surface area contributed by atoms with E-state index in [1.165, 1.54) is 19.2 Å². The molecule has 0 aliphatic rings. The number of ether oxygens (including phenoxy) is 2. The number of nitrogens with two attached hydrogens (primary N) is 1. The molecule has 0 aliphatic heterocycles. The first-order valence-electron chi connectivity index (χ1n) is 5.88. The minimum atomic E-state index is -3.73. The SMILES string of the molecule is CCC(COC)Nc1cc(S(N)(=O)=O)ccc1OC. The summed E-state index contributed by atoms with van der Waals surface area (Å²) < 4.78 is 33.0. The van der Waals surface area contributed by atoms with E-state index in [1.807, 2.05) is 6.92 Å². The number of primary sulfonamides is 1. The Morgan fingerprint density at radius 2 is 2.05 bits per heavy atom. The van der Waals surface area contributed by atoms with E-state index in [2.05, 4.69) is 5.32 Å². The Bertz CT molecular complexity index is 516. The molecule has 0 heterocycles. The molecule has 0 bridgehead atoms. The highest BCUT2D eigenvalue weighted by molar-refractivity contribution is 7.89. The van der Waals surface area contributed by atoms with Gasteiger partial charge in [-0.3, -0.25) is 0 Å². The fourth-order valence-electron chi connectivity index (χ4n) is 1.66. The van der Waals surface area contributed by atoms with E-state index in [4.69, 9.17) is 14.6 Å². The van der Waals surface area contributed by atoms with E-state index in [1.54, 1.807) is 13.2 Å². The molecule has 0 amide bonds. The van der Waals surface area contributed by atoms with E-state index in [-0.39, 0.29) is 10.9 Å². The summed E-state index contributed by atoms with van der Waals surface area (Å²) in [6.07, 6.45) is 0.830. The van der Waals surface area contributed by atoms with Crippen LogP contribution in [0.25, 0.3) is 0 Å². The van der Waals surface area contributed by atoms with Crippen molar-refractivity contribution in [2.45, 2.75) is 24.3 Å². The molecular weight excluding hydrogens is 268 g/mol. The van der Waals surface area contributed by atoms with Crippen molar-refractivity contribution < 1.29 is 17.9 Å². The number of methoxy groups -OCH3 is 2. The predicted octanol–water partition coefficient (Wildman–Crippen LogP) is 1.18. The highest BCUT2D eigenvalue weighted by Crippen LogP contribution is 2.28. The third-order valence-corrected chi connectivity index (χ3v) is 3.63. The van der Waals surface area contributed by atoms with Gasteiger partial charge in [0.1, 0.15) is 5.75 Å². The standard InChI is InChI=1S/C12H20N2O4S/c1-4-9(8-17-2)14-11-7-10(19(13,15)16)5-6-12(11)18-3/h5-7,9,14H,4,8H2,1-3H3,(H2,13,15,16). The molecule has 0 saturated carbocycles. The topological polar surface area (TPSA) is 90.6 Å². The third-order valence-electron chi connectivity index (χ3n) is 2.72. The summed E-state index contributed by atoms with van der Waals surface area (Å²) >= 11 is 0. The van der Waals surface area contributed by atoms with Gasteiger partial charge in [0.05, 0.1) is 24.3 Å². The molecule has 1 aromatic carbocycles. The molecule has 1 aromatic rings. The molecule has 0 aliphatic carbocycles. The lowest BCUT2D eigenvalue weighted by molar-refractivity contribution is 0.184. The Balaban J connectivity index is 3.09. The molecule has 3 N–H and O–H groups in total. The van der Waals surface area contributed by atoms with Gasteiger partial charge in [-0.2, -0.15) is 0 Å². The summed E-state index contributed by atoms with van der Waals surface area (Å²) in [5.41, 5.74) is 0.581. The van der Waals surface area contributed by atoms with Crippen molar-refractivity contribution in [1.82, 2.24) is 0 Å². The summed E-state index contributed by atoms with van der Waals surface area (Å²) in [5.74, 6) is 0.557. The van der Waals surface area contributed by atoms with Crippen molar-refractivity contribution in [3.8, 4) is 5.75 Å². The lowest BCUT2D eigenvalue weighted by Gasteiger charge is -2.19. The van der Waals surface area contributed by atoms with Crippen molar-refractivity contribution in [2.75, 3.05) is 26.1 Å². The van der Waals surface area contributed by atoms with Crippen molar-refractivity contribution in [3.05, 3.63) is 18.2 Å². The van der Waals surface area contributed by atoms with Gasteiger partial charge in [-0.25, -0.2) is 13.6 Å². The van der Waals surface area contributed by atoms with Gasteiger partial charge in [-0.1, -0.05) is 6.92 Å². The van der Waals surface area contributed by atoms with Crippen LogP contribution >= 0.6 is 0 Å². The minimum Gasteiger partial charge on any atom is -0.495 e. The maximum absolute atomic E-state index is 11.4. The van der Waals surface area contributed by atoms with Gasteiger partial charge in [0, 0.05) is 13.2 Å². The minimum absolute atomic E-state index is 0.0445. The van der Waals surface area contributed by atoms with Crippen LogP contribution in [-0.4, -0.2) is 35.3 Å². The summed E-state index contributed by atoms with van der Waals surface area (Å²) in [6, 6.07) is 4.51. The molecular formula is C12H20N2O4S. The largest absolute Gasteiger partial charge is 0.495 e. The lowest BCUT2D eigenvalue weighted by atomic mass is 10.2. The normalized spacial score (nSPS) is 13.1. The van der Waals surface area contributed by atoms with Crippen molar-refractivity contribution >= 4 is 15.7 Å². The molecule has 108 valence electrons.